The Hall–Kier alpha value is -2.89. The predicted molar refractivity (Wildman–Crippen MR) is 73.9 cm³/mol. The first-order chi connectivity index (χ1) is 9.22. The summed E-state index contributed by atoms with van der Waals surface area (Å²) in [5.41, 5.74) is 6.67. The second-order valence-electron chi connectivity index (χ2n) is 3.68. The van der Waals surface area contributed by atoms with E-state index in [0.717, 1.165) is 6.34 Å². The van der Waals surface area contributed by atoms with Crippen molar-refractivity contribution >= 4 is 23.8 Å². The summed E-state index contributed by atoms with van der Waals surface area (Å²) in [4.78, 5) is 22.6. The van der Waals surface area contributed by atoms with Gasteiger partial charge in [0.1, 0.15) is 5.69 Å². The molecule has 2 aromatic rings. The van der Waals surface area contributed by atoms with Crippen LogP contribution >= 0.6 is 0 Å². The predicted octanol–water partition coefficient (Wildman–Crippen LogP) is 1.43. The molecule has 0 aliphatic rings. The number of nitrogens with two attached hydrogens (primary N) is 1. The number of carbonyl (C=O) groups is 1. The van der Waals surface area contributed by atoms with Gasteiger partial charge in [0.25, 0.3) is 5.91 Å². The molecule has 6 heteroatoms. The van der Waals surface area contributed by atoms with Gasteiger partial charge in [0.2, 0.25) is 0 Å². The summed E-state index contributed by atoms with van der Waals surface area (Å²) in [7, 11) is 0. The highest BCUT2D eigenvalue weighted by atomic mass is 16.1. The number of hydrogen-bond donors (Lipinski definition) is 3. The van der Waals surface area contributed by atoms with E-state index in [-0.39, 0.29) is 5.91 Å². The van der Waals surface area contributed by atoms with Gasteiger partial charge in [-0.25, -0.2) is 9.98 Å². The largest absolute Gasteiger partial charge is 0.390 e. The molecule has 6 nitrogen and oxygen atoms in total. The Bertz CT molecular complexity index is 615. The van der Waals surface area contributed by atoms with Crippen LogP contribution in [0.4, 0.5) is 5.82 Å². The second-order valence-corrected chi connectivity index (χ2v) is 3.68. The van der Waals surface area contributed by atoms with Crippen molar-refractivity contribution < 1.29 is 4.79 Å². The van der Waals surface area contributed by atoms with Crippen LogP contribution in [0.15, 0.2) is 48.2 Å². The van der Waals surface area contributed by atoms with Gasteiger partial charge >= 0.3 is 0 Å². The lowest BCUT2D eigenvalue weighted by Gasteiger charge is -2.07. The average molecular weight is 255 g/mol. The van der Waals surface area contributed by atoms with Crippen molar-refractivity contribution in [2.75, 3.05) is 0 Å². The van der Waals surface area contributed by atoms with Gasteiger partial charge < -0.3 is 16.0 Å². The molecular formula is C13H13N5O. The molecule has 1 aromatic carbocycles. The molecule has 1 aromatic heterocycles. The molecule has 0 aliphatic heterocycles. The van der Waals surface area contributed by atoms with Crippen molar-refractivity contribution in [3.05, 3.63) is 54.5 Å². The Morgan fingerprint density at radius 1 is 1.42 bits per heavy atom. The Labute approximate surface area is 110 Å². The van der Waals surface area contributed by atoms with Crippen LogP contribution in [0.25, 0.3) is 5.70 Å². The maximum atomic E-state index is 12.0. The van der Waals surface area contributed by atoms with Crippen molar-refractivity contribution in [1.29, 1.82) is 0 Å². The van der Waals surface area contributed by atoms with Crippen LogP contribution in [0.1, 0.15) is 16.1 Å². The fourth-order valence-corrected chi connectivity index (χ4v) is 1.54. The minimum atomic E-state index is -0.247. The van der Waals surface area contributed by atoms with Gasteiger partial charge in [0.05, 0.1) is 18.4 Å². The number of aliphatic imine (C=N–C) groups is 1. The van der Waals surface area contributed by atoms with E-state index >= 15 is 0 Å². The number of H-pyrrole nitrogens is 1. The fraction of sp³-hybridized carbons (Fsp3) is 0. The number of aromatic amines is 1. The highest BCUT2D eigenvalue weighted by Gasteiger charge is 2.12. The number of hydrogen-bond acceptors (Lipinski definition) is 3. The Morgan fingerprint density at radius 3 is 2.84 bits per heavy atom. The van der Waals surface area contributed by atoms with Gasteiger partial charge in [-0.05, 0) is 12.1 Å². The molecule has 1 amide bonds. The highest BCUT2D eigenvalue weighted by molar-refractivity contribution is 5.99. The lowest BCUT2D eigenvalue weighted by atomic mass is 10.2. The summed E-state index contributed by atoms with van der Waals surface area (Å²) < 4.78 is 0. The SMILES string of the molecule is C=C(NC(=O)c1ccccc1)c1[nH]cnc1N=CN. The number of carbonyl (C=O) groups excluding carboxylic acids is 1. The summed E-state index contributed by atoms with van der Waals surface area (Å²) >= 11 is 0. The fourth-order valence-electron chi connectivity index (χ4n) is 1.54. The Balaban J connectivity index is 2.13. The number of benzene rings is 1. The van der Waals surface area contributed by atoms with Crippen LogP contribution < -0.4 is 11.1 Å². The van der Waals surface area contributed by atoms with E-state index in [1.807, 2.05) is 6.07 Å². The molecule has 0 saturated heterocycles. The van der Waals surface area contributed by atoms with E-state index in [1.54, 1.807) is 24.3 Å². The zero-order valence-electron chi connectivity index (χ0n) is 10.1. The van der Waals surface area contributed by atoms with Crippen LogP contribution in [0.2, 0.25) is 0 Å². The van der Waals surface area contributed by atoms with E-state index in [9.17, 15) is 4.79 Å². The molecule has 0 atom stereocenters. The van der Waals surface area contributed by atoms with Gasteiger partial charge in [-0.15, -0.1) is 0 Å². The summed E-state index contributed by atoms with van der Waals surface area (Å²) in [5, 5.41) is 2.68. The standard InChI is InChI=1S/C13H13N5O/c1-9(11-12(15-7-14)17-8-16-11)18-13(19)10-5-3-2-4-6-10/h2-8H,1H2,(H2,14,15)(H,16,17)(H,18,19). The molecule has 96 valence electrons. The van der Waals surface area contributed by atoms with Crippen LogP contribution in [-0.2, 0) is 0 Å². The smallest absolute Gasteiger partial charge is 0.255 e. The van der Waals surface area contributed by atoms with E-state index in [0.29, 0.717) is 22.8 Å². The van der Waals surface area contributed by atoms with E-state index in [2.05, 4.69) is 26.9 Å². The third-order valence-corrected chi connectivity index (χ3v) is 2.42. The maximum Gasteiger partial charge on any atom is 0.255 e. The van der Waals surface area contributed by atoms with Gasteiger partial charge in [0, 0.05) is 5.56 Å². The van der Waals surface area contributed by atoms with E-state index in [4.69, 9.17) is 5.73 Å². The minimum Gasteiger partial charge on any atom is -0.390 e. The van der Waals surface area contributed by atoms with Crippen molar-refractivity contribution in [2.24, 2.45) is 10.7 Å². The van der Waals surface area contributed by atoms with Gasteiger partial charge in [-0.3, -0.25) is 4.79 Å². The lowest BCUT2D eigenvalue weighted by molar-refractivity contribution is 0.0974. The Morgan fingerprint density at radius 2 is 2.16 bits per heavy atom. The first-order valence-corrected chi connectivity index (χ1v) is 5.55. The molecule has 19 heavy (non-hydrogen) atoms. The molecule has 0 saturated carbocycles. The quantitative estimate of drug-likeness (QED) is 0.569. The third kappa shape index (κ3) is 2.86. The molecule has 0 fully saturated rings. The zero-order chi connectivity index (χ0) is 13.7. The molecular weight excluding hydrogens is 242 g/mol. The van der Waals surface area contributed by atoms with Crippen molar-refractivity contribution in [3.63, 3.8) is 0 Å². The number of nitrogens with one attached hydrogen (secondary N) is 2. The normalized spacial score (nSPS) is 10.5. The van der Waals surface area contributed by atoms with Crippen molar-refractivity contribution in [3.8, 4) is 0 Å². The number of aromatic nitrogens is 2. The summed E-state index contributed by atoms with van der Waals surface area (Å²) in [5.74, 6) is 0.128. The molecule has 0 spiro atoms. The van der Waals surface area contributed by atoms with Crippen LogP contribution in [0.5, 0.6) is 0 Å². The average Bonchev–Trinajstić information content (AvgIpc) is 2.88. The molecule has 2 rings (SSSR count). The zero-order valence-corrected chi connectivity index (χ0v) is 10.1. The number of amides is 1. The first kappa shape index (κ1) is 12.6. The third-order valence-electron chi connectivity index (χ3n) is 2.42. The Kier molecular flexibility index (Phi) is 3.72. The summed E-state index contributed by atoms with van der Waals surface area (Å²) in [6.45, 7) is 3.79. The van der Waals surface area contributed by atoms with Crippen LogP contribution in [0, 0.1) is 0 Å². The number of imidazole rings is 1. The highest BCUT2D eigenvalue weighted by Crippen LogP contribution is 2.19. The molecule has 0 aliphatic carbocycles. The molecule has 1 heterocycles. The van der Waals surface area contributed by atoms with Gasteiger partial charge in [-0.2, -0.15) is 0 Å². The maximum absolute atomic E-state index is 12.0. The topological polar surface area (TPSA) is 96.2 Å². The van der Waals surface area contributed by atoms with E-state index < -0.39 is 0 Å². The van der Waals surface area contributed by atoms with Gasteiger partial charge in [-0.1, -0.05) is 24.8 Å². The molecule has 0 unspecified atom stereocenters. The van der Waals surface area contributed by atoms with Crippen molar-refractivity contribution in [1.82, 2.24) is 15.3 Å². The minimum absolute atomic E-state index is 0.247. The van der Waals surface area contributed by atoms with Crippen LogP contribution in [0.3, 0.4) is 0 Å². The first-order valence-electron chi connectivity index (χ1n) is 5.55. The number of rotatable bonds is 4. The lowest BCUT2D eigenvalue weighted by Crippen LogP contribution is -2.21. The molecule has 4 N–H and O–H groups in total. The summed E-state index contributed by atoms with van der Waals surface area (Å²) in [6.07, 6.45) is 2.59. The number of nitrogens with zero attached hydrogens (tertiary/aromatic N) is 2. The molecule has 0 bridgehead atoms. The van der Waals surface area contributed by atoms with E-state index in [1.165, 1.54) is 6.33 Å². The monoisotopic (exact) mass is 255 g/mol. The van der Waals surface area contributed by atoms with Crippen LogP contribution in [-0.4, -0.2) is 22.2 Å². The second kappa shape index (κ2) is 5.63. The van der Waals surface area contributed by atoms with Crippen molar-refractivity contribution in [2.45, 2.75) is 0 Å². The molecule has 0 radical (unpaired) electrons. The van der Waals surface area contributed by atoms with Gasteiger partial charge in [0.15, 0.2) is 5.82 Å². The summed E-state index contributed by atoms with van der Waals surface area (Å²) in [6, 6.07) is 8.85.